The van der Waals surface area contributed by atoms with Gasteiger partial charge < -0.3 is 10.3 Å². The van der Waals surface area contributed by atoms with Crippen molar-refractivity contribution in [1.29, 1.82) is 0 Å². The molecule has 0 fully saturated rings. The SMILES string of the molecule is Cc1ccc2c(C(C)(C)N)cn(C(C)C)c2c1. The van der Waals surface area contributed by atoms with Gasteiger partial charge in [0.25, 0.3) is 0 Å². The summed E-state index contributed by atoms with van der Waals surface area (Å²) in [6, 6.07) is 7.04. The molecule has 0 saturated heterocycles. The second-order valence-electron chi connectivity index (χ2n) is 5.79. The molecule has 92 valence electrons. The quantitative estimate of drug-likeness (QED) is 0.837. The van der Waals surface area contributed by atoms with Crippen LogP contribution in [-0.2, 0) is 5.54 Å². The van der Waals surface area contributed by atoms with E-state index >= 15 is 0 Å². The third-order valence-corrected chi connectivity index (χ3v) is 3.24. The largest absolute Gasteiger partial charge is 0.345 e. The van der Waals surface area contributed by atoms with Crippen LogP contribution in [0.2, 0.25) is 0 Å². The van der Waals surface area contributed by atoms with E-state index in [0.717, 1.165) is 0 Å². The Morgan fingerprint density at radius 1 is 1.24 bits per heavy atom. The molecule has 2 nitrogen and oxygen atoms in total. The van der Waals surface area contributed by atoms with Crippen LogP contribution < -0.4 is 5.73 Å². The Hall–Kier alpha value is -1.28. The van der Waals surface area contributed by atoms with Gasteiger partial charge in [0.15, 0.2) is 0 Å². The number of hydrogen-bond acceptors (Lipinski definition) is 1. The topological polar surface area (TPSA) is 30.9 Å². The highest BCUT2D eigenvalue weighted by atomic mass is 15.0. The van der Waals surface area contributed by atoms with E-state index in [1.807, 2.05) is 0 Å². The number of rotatable bonds is 2. The lowest BCUT2D eigenvalue weighted by atomic mass is 9.95. The Balaban J connectivity index is 2.80. The van der Waals surface area contributed by atoms with Crippen molar-refractivity contribution in [3.05, 3.63) is 35.5 Å². The van der Waals surface area contributed by atoms with Crippen molar-refractivity contribution in [1.82, 2.24) is 4.57 Å². The minimum absolute atomic E-state index is 0.298. The second kappa shape index (κ2) is 3.88. The summed E-state index contributed by atoms with van der Waals surface area (Å²) in [5.41, 5.74) is 9.76. The van der Waals surface area contributed by atoms with Gasteiger partial charge in [-0.3, -0.25) is 0 Å². The molecule has 0 unspecified atom stereocenters. The van der Waals surface area contributed by atoms with Gasteiger partial charge in [-0.25, -0.2) is 0 Å². The molecule has 0 atom stereocenters. The first kappa shape index (κ1) is 12.2. The first-order valence-electron chi connectivity index (χ1n) is 6.21. The van der Waals surface area contributed by atoms with Crippen LogP contribution in [0.1, 0.15) is 44.9 Å². The average molecular weight is 230 g/mol. The number of nitrogens with two attached hydrogens (primary N) is 1. The monoisotopic (exact) mass is 230 g/mol. The molecule has 2 N–H and O–H groups in total. The molecule has 0 aliphatic rings. The van der Waals surface area contributed by atoms with Crippen molar-refractivity contribution < 1.29 is 0 Å². The summed E-state index contributed by atoms with van der Waals surface area (Å²) in [4.78, 5) is 0. The maximum absolute atomic E-state index is 6.26. The maximum Gasteiger partial charge on any atom is 0.0488 e. The van der Waals surface area contributed by atoms with Gasteiger partial charge in [0, 0.05) is 28.7 Å². The number of aromatic nitrogens is 1. The zero-order valence-corrected chi connectivity index (χ0v) is 11.4. The molecule has 0 radical (unpaired) electrons. The molecule has 0 bridgehead atoms. The molecular weight excluding hydrogens is 208 g/mol. The Bertz CT molecular complexity index is 542. The molecule has 1 aromatic heterocycles. The average Bonchev–Trinajstić information content (AvgIpc) is 2.55. The summed E-state index contributed by atoms with van der Waals surface area (Å²) in [5, 5.41) is 1.27. The van der Waals surface area contributed by atoms with Gasteiger partial charge >= 0.3 is 0 Å². The van der Waals surface area contributed by atoms with Crippen LogP contribution in [0.15, 0.2) is 24.4 Å². The van der Waals surface area contributed by atoms with E-state index in [4.69, 9.17) is 5.73 Å². The van der Waals surface area contributed by atoms with Crippen LogP contribution in [-0.4, -0.2) is 4.57 Å². The Kier molecular flexibility index (Phi) is 2.78. The van der Waals surface area contributed by atoms with Crippen LogP contribution in [0.25, 0.3) is 10.9 Å². The molecule has 2 heteroatoms. The van der Waals surface area contributed by atoms with Crippen LogP contribution in [0, 0.1) is 6.92 Å². The molecule has 0 spiro atoms. The lowest BCUT2D eigenvalue weighted by Gasteiger charge is -2.17. The Morgan fingerprint density at radius 3 is 2.41 bits per heavy atom. The summed E-state index contributed by atoms with van der Waals surface area (Å²) in [7, 11) is 0. The smallest absolute Gasteiger partial charge is 0.0488 e. The standard InChI is InChI=1S/C15H22N2/c1-10(2)17-9-13(15(4,5)16)12-7-6-11(3)8-14(12)17/h6-10H,16H2,1-5H3. The third-order valence-electron chi connectivity index (χ3n) is 3.24. The predicted molar refractivity (Wildman–Crippen MR) is 74.3 cm³/mol. The highest BCUT2D eigenvalue weighted by Crippen LogP contribution is 2.31. The lowest BCUT2D eigenvalue weighted by molar-refractivity contribution is 0.549. The molecule has 0 saturated carbocycles. The molecule has 1 aromatic carbocycles. The van der Waals surface area contributed by atoms with Gasteiger partial charge in [-0.1, -0.05) is 12.1 Å². The van der Waals surface area contributed by atoms with E-state index in [1.54, 1.807) is 0 Å². The molecular formula is C15H22N2. The van der Waals surface area contributed by atoms with Crippen molar-refractivity contribution in [2.24, 2.45) is 5.73 Å². The van der Waals surface area contributed by atoms with E-state index in [0.29, 0.717) is 6.04 Å². The van der Waals surface area contributed by atoms with Crippen molar-refractivity contribution in [2.45, 2.75) is 46.2 Å². The fraction of sp³-hybridized carbons (Fsp3) is 0.467. The van der Waals surface area contributed by atoms with Crippen molar-refractivity contribution in [3.63, 3.8) is 0 Å². The minimum atomic E-state index is -0.298. The molecule has 0 aliphatic carbocycles. The van der Waals surface area contributed by atoms with Gasteiger partial charge in [-0.05, 0) is 51.8 Å². The number of hydrogen-bond donors (Lipinski definition) is 1. The molecule has 0 aliphatic heterocycles. The molecule has 2 aromatic rings. The summed E-state index contributed by atoms with van der Waals surface area (Å²) in [5.74, 6) is 0. The minimum Gasteiger partial charge on any atom is -0.345 e. The van der Waals surface area contributed by atoms with Crippen LogP contribution in [0.5, 0.6) is 0 Å². The van der Waals surface area contributed by atoms with Gasteiger partial charge in [0.05, 0.1) is 0 Å². The Morgan fingerprint density at radius 2 is 1.88 bits per heavy atom. The van der Waals surface area contributed by atoms with Crippen LogP contribution in [0.4, 0.5) is 0 Å². The van der Waals surface area contributed by atoms with E-state index in [-0.39, 0.29) is 5.54 Å². The number of nitrogens with zero attached hydrogens (tertiary/aromatic N) is 1. The number of benzene rings is 1. The van der Waals surface area contributed by atoms with Crippen molar-refractivity contribution in [2.75, 3.05) is 0 Å². The van der Waals surface area contributed by atoms with Gasteiger partial charge in [-0.2, -0.15) is 0 Å². The van der Waals surface area contributed by atoms with Gasteiger partial charge in [0.1, 0.15) is 0 Å². The van der Waals surface area contributed by atoms with Crippen LogP contribution in [0.3, 0.4) is 0 Å². The van der Waals surface area contributed by atoms with Crippen LogP contribution >= 0.6 is 0 Å². The van der Waals surface area contributed by atoms with Gasteiger partial charge in [-0.15, -0.1) is 0 Å². The van der Waals surface area contributed by atoms with E-state index < -0.39 is 0 Å². The van der Waals surface area contributed by atoms with E-state index in [9.17, 15) is 0 Å². The summed E-state index contributed by atoms with van der Waals surface area (Å²) in [6.45, 7) is 10.7. The van der Waals surface area contributed by atoms with Crippen molar-refractivity contribution >= 4 is 10.9 Å². The predicted octanol–water partition coefficient (Wildman–Crippen LogP) is 3.72. The first-order valence-corrected chi connectivity index (χ1v) is 6.21. The van der Waals surface area contributed by atoms with E-state index in [2.05, 4.69) is 63.6 Å². The Labute approximate surface area is 103 Å². The van der Waals surface area contributed by atoms with Gasteiger partial charge in [0.2, 0.25) is 0 Å². The normalized spacial score (nSPS) is 12.6. The maximum atomic E-state index is 6.26. The molecule has 17 heavy (non-hydrogen) atoms. The summed E-state index contributed by atoms with van der Waals surface area (Å²) >= 11 is 0. The zero-order chi connectivity index (χ0) is 12.8. The highest BCUT2D eigenvalue weighted by molar-refractivity contribution is 5.85. The van der Waals surface area contributed by atoms with E-state index in [1.165, 1.54) is 22.0 Å². The second-order valence-corrected chi connectivity index (χ2v) is 5.79. The summed E-state index contributed by atoms with van der Waals surface area (Å²) < 4.78 is 2.31. The highest BCUT2D eigenvalue weighted by Gasteiger charge is 2.21. The zero-order valence-electron chi connectivity index (χ0n) is 11.4. The van der Waals surface area contributed by atoms with Crippen molar-refractivity contribution in [3.8, 4) is 0 Å². The number of aryl methyl sites for hydroxylation is 1. The lowest BCUT2D eigenvalue weighted by Crippen LogP contribution is -2.28. The fourth-order valence-corrected chi connectivity index (χ4v) is 2.30. The molecule has 2 rings (SSSR count). The molecule has 1 heterocycles. The summed E-state index contributed by atoms with van der Waals surface area (Å²) in [6.07, 6.45) is 2.20. The fourth-order valence-electron chi connectivity index (χ4n) is 2.30. The first-order chi connectivity index (χ1) is 7.80. The number of fused-ring (bicyclic) bond motifs is 1. The molecule has 0 amide bonds. The third kappa shape index (κ3) is 2.09.